The average Bonchev–Trinajstić information content (AvgIpc) is 2.73. The Bertz CT molecular complexity index is 310. The highest BCUT2D eigenvalue weighted by Gasteiger charge is 2.23. The molecule has 1 fully saturated rings. The van der Waals surface area contributed by atoms with Crippen LogP contribution in [0.25, 0.3) is 0 Å². The lowest BCUT2D eigenvalue weighted by atomic mass is 10.0. The summed E-state index contributed by atoms with van der Waals surface area (Å²) in [5.74, 6) is 0. The minimum atomic E-state index is -0.439. The summed E-state index contributed by atoms with van der Waals surface area (Å²) < 4.78 is 1.80. The van der Waals surface area contributed by atoms with Gasteiger partial charge >= 0.3 is 0 Å². The SMILES string of the molecule is CC(C)(N)c1cn([C@H]2CNOC2)nn1. The first kappa shape index (κ1) is 9.57. The highest BCUT2D eigenvalue weighted by molar-refractivity contribution is 5.06. The standard InChI is InChI=1S/C8H15N5O/c1-8(2,9)7-4-13(12-11-7)6-3-10-14-5-6/h4,6,10H,3,5,9H2,1-2H3/t6-/m0/s1. The van der Waals surface area contributed by atoms with Crippen LogP contribution in [-0.2, 0) is 10.4 Å². The third-order valence-corrected chi connectivity index (χ3v) is 2.24. The lowest BCUT2D eigenvalue weighted by molar-refractivity contribution is 0.0968. The first-order valence-corrected chi connectivity index (χ1v) is 4.63. The minimum Gasteiger partial charge on any atom is -0.320 e. The predicted molar refractivity (Wildman–Crippen MR) is 50.2 cm³/mol. The molecule has 1 atom stereocenters. The zero-order valence-corrected chi connectivity index (χ0v) is 8.40. The van der Waals surface area contributed by atoms with Crippen molar-refractivity contribution in [3.05, 3.63) is 11.9 Å². The highest BCUT2D eigenvalue weighted by Crippen LogP contribution is 2.16. The van der Waals surface area contributed by atoms with Gasteiger partial charge in [-0.2, -0.15) is 0 Å². The van der Waals surface area contributed by atoms with Crippen LogP contribution in [0, 0.1) is 0 Å². The summed E-state index contributed by atoms with van der Waals surface area (Å²) in [6.07, 6.45) is 1.88. The second kappa shape index (κ2) is 3.30. The van der Waals surface area contributed by atoms with Crippen molar-refractivity contribution in [2.45, 2.75) is 25.4 Å². The quantitative estimate of drug-likeness (QED) is 0.671. The van der Waals surface area contributed by atoms with Crippen molar-refractivity contribution >= 4 is 0 Å². The maximum Gasteiger partial charge on any atom is 0.102 e. The van der Waals surface area contributed by atoms with Crippen LogP contribution < -0.4 is 11.2 Å². The molecule has 6 heteroatoms. The van der Waals surface area contributed by atoms with Crippen LogP contribution in [0.5, 0.6) is 0 Å². The van der Waals surface area contributed by atoms with Gasteiger partial charge < -0.3 is 5.73 Å². The molecule has 1 aromatic heterocycles. The van der Waals surface area contributed by atoms with Gasteiger partial charge in [0.25, 0.3) is 0 Å². The molecule has 0 bridgehead atoms. The van der Waals surface area contributed by atoms with E-state index in [1.54, 1.807) is 4.68 Å². The molecule has 0 spiro atoms. The van der Waals surface area contributed by atoms with Gasteiger partial charge in [-0.3, -0.25) is 4.84 Å². The zero-order chi connectivity index (χ0) is 10.2. The summed E-state index contributed by atoms with van der Waals surface area (Å²) in [6, 6.07) is 0.221. The number of nitrogens with zero attached hydrogens (tertiary/aromatic N) is 3. The maximum absolute atomic E-state index is 5.91. The topological polar surface area (TPSA) is 78.0 Å². The molecule has 0 unspecified atom stereocenters. The number of nitrogens with one attached hydrogen (secondary N) is 1. The molecule has 0 radical (unpaired) electrons. The van der Waals surface area contributed by atoms with E-state index >= 15 is 0 Å². The van der Waals surface area contributed by atoms with Gasteiger partial charge in [-0.05, 0) is 13.8 Å². The molecule has 1 saturated heterocycles. The third kappa shape index (κ3) is 1.77. The van der Waals surface area contributed by atoms with Gasteiger partial charge in [-0.1, -0.05) is 5.21 Å². The Balaban J connectivity index is 2.17. The van der Waals surface area contributed by atoms with E-state index in [2.05, 4.69) is 15.8 Å². The van der Waals surface area contributed by atoms with Gasteiger partial charge in [-0.25, -0.2) is 10.2 Å². The van der Waals surface area contributed by atoms with Crippen LogP contribution in [-0.4, -0.2) is 28.1 Å². The van der Waals surface area contributed by atoms with Gasteiger partial charge in [0.2, 0.25) is 0 Å². The second-order valence-electron chi connectivity index (χ2n) is 4.12. The molecular weight excluding hydrogens is 182 g/mol. The molecular formula is C8H15N5O. The van der Waals surface area contributed by atoms with Crippen molar-refractivity contribution in [2.75, 3.05) is 13.2 Å². The summed E-state index contributed by atoms with van der Waals surface area (Å²) >= 11 is 0. The number of hydrogen-bond acceptors (Lipinski definition) is 5. The average molecular weight is 197 g/mol. The normalized spacial score (nSPS) is 22.9. The van der Waals surface area contributed by atoms with Crippen molar-refractivity contribution in [3.63, 3.8) is 0 Å². The van der Waals surface area contributed by atoms with E-state index < -0.39 is 5.54 Å². The summed E-state index contributed by atoms with van der Waals surface area (Å²) in [4.78, 5) is 5.04. The lowest BCUT2D eigenvalue weighted by Gasteiger charge is -2.13. The molecule has 1 aliphatic rings. The van der Waals surface area contributed by atoms with Crippen LogP contribution in [0.4, 0.5) is 0 Å². The van der Waals surface area contributed by atoms with Crippen LogP contribution in [0.1, 0.15) is 25.6 Å². The smallest absolute Gasteiger partial charge is 0.102 e. The van der Waals surface area contributed by atoms with Gasteiger partial charge in [0.05, 0.1) is 24.4 Å². The largest absolute Gasteiger partial charge is 0.320 e. The summed E-state index contributed by atoms with van der Waals surface area (Å²) in [7, 11) is 0. The Labute approximate surface area is 82.4 Å². The number of rotatable bonds is 2. The third-order valence-electron chi connectivity index (χ3n) is 2.24. The van der Waals surface area contributed by atoms with E-state index in [4.69, 9.17) is 10.6 Å². The van der Waals surface area contributed by atoms with Gasteiger partial charge in [-0.15, -0.1) is 5.10 Å². The maximum atomic E-state index is 5.91. The van der Waals surface area contributed by atoms with Crippen molar-refractivity contribution in [2.24, 2.45) is 5.73 Å². The summed E-state index contributed by atoms with van der Waals surface area (Å²) in [6.45, 7) is 5.19. The van der Waals surface area contributed by atoms with E-state index in [0.717, 1.165) is 12.2 Å². The fourth-order valence-corrected chi connectivity index (χ4v) is 1.29. The molecule has 78 valence electrons. The second-order valence-corrected chi connectivity index (χ2v) is 4.12. The van der Waals surface area contributed by atoms with E-state index in [9.17, 15) is 0 Å². The minimum absolute atomic E-state index is 0.221. The molecule has 0 aliphatic carbocycles. The number of hydroxylamine groups is 1. The summed E-state index contributed by atoms with van der Waals surface area (Å²) in [5, 5.41) is 8.07. The van der Waals surface area contributed by atoms with Gasteiger partial charge in [0.1, 0.15) is 5.69 Å². The van der Waals surface area contributed by atoms with E-state index in [1.807, 2.05) is 20.0 Å². The summed E-state index contributed by atoms with van der Waals surface area (Å²) in [5.41, 5.74) is 9.06. The first-order chi connectivity index (χ1) is 6.57. The van der Waals surface area contributed by atoms with E-state index in [-0.39, 0.29) is 6.04 Å². The molecule has 6 nitrogen and oxygen atoms in total. The zero-order valence-electron chi connectivity index (χ0n) is 8.40. The Morgan fingerprint density at radius 2 is 2.50 bits per heavy atom. The predicted octanol–water partition coefficient (Wildman–Crippen LogP) is -0.452. The molecule has 3 N–H and O–H groups in total. The van der Waals surface area contributed by atoms with E-state index in [0.29, 0.717) is 6.61 Å². The molecule has 14 heavy (non-hydrogen) atoms. The van der Waals surface area contributed by atoms with Crippen molar-refractivity contribution < 1.29 is 4.84 Å². The van der Waals surface area contributed by atoms with E-state index in [1.165, 1.54) is 0 Å². The van der Waals surface area contributed by atoms with Gasteiger partial charge in [0.15, 0.2) is 0 Å². The van der Waals surface area contributed by atoms with Gasteiger partial charge in [0, 0.05) is 6.54 Å². The molecule has 2 heterocycles. The molecule has 2 rings (SSSR count). The Kier molecular flexibility index (Phi) is 2.26. The highest BCUT2D eigenvalue weighted by atomic mass is 16.7. The van der Waals surface area contributed by atoms with Crippen LogP contribution in [0.3, 0.4) is 0 Å². The Morgan fingerprint density at radius 3 is 3.00 bits per heavy atom. The van der Waals surface area contributed by atoms with Crippen molar-refractivity contribution in [1.29, 1.82) is 0 Å². The van der Waals surface area contributed by atoms with Crippen LogP contribution in [0.15, 0.2) is 6.20 Å². The molecule has 1 aromatic rings. The fraction of sp³-hybridized carbons (Fsp3) is 0.750. The molecule has 1 aliphatic heterocycles. The van der Waals surface area contributed by atoms with Crippen LogP contribution >= 0.6 is 0 Å². The fourth-order valence-electron chi connectivity index (χ4n) is 1.29. The van der Waals surface area contributed by atoms with Crippen molar-refractivity contribution in [3.8, 4) is 0 Å². The molecule has 0 amide bonds. The van der Waals surface area contributed by atoms with Crippen molar-refractivity contribution in [1.82, 2.24) is 20.5 Å². The molecule has 0 aromatic carbocycles. The number of aromatic nitrogens is 3. The molecule has 0 saturated carbocycles. The number of nitrogens with two attached hydrogens (primary N) is 1. The van der Waals surface area contributed by atoms with Crippen LogP contribution in [0.2, 0.25) is 0 Å². The monoisotopic (exact) mass is 197 g/mol. The lowest BCUT2D eigenvalue weighted by Crippen LogP contribution is -2.29. The first-order valence-electron chi connectivity index (χ1n) is 4.63. The number of hydrogen-bond donors (Lipinski definition) is 2. The Morgan fingerprint density at radius 1 is 1.71 bits per heavy atom. The Hall–Kier alpha value is -0.980.